The SMILES string of the molecule is O=C1NCC(CNC(=O)N2CCCCC2Cc2ccccc2-c2ccncc2)O1. The van der Waals surface area contributed by atoms with E-state index in [2.05, 4.69) is 33.8 Å². The Morgan fingerprint density at radius 1 is 1.21 bits per heavy atom. The number of urea groups is 1. The van der Waals surface area contributed by atoms with Gasteiger partial charge in [-0.3, -0.25) is 4.98 Å². The monoisotopic (exact) mass is 394 g/mol. The van der Waals surface area contributed by atoms with Crippen LogP contribution in [-0.4, -0.2) is 53.8 Å². The first-order valence-electron chi connectivity index (χ1n) is 10.2. The zero-order chi connectivity index (χ0) is 20.1. The molecule has 0 aliphatic carbocycles. The smallest absolute Gasteiger partial charge is 0.407 e. The summed E-state index contributed by atoms with van der Waals surface area (Å²) >= 11 is 0. The van der Waals surface area contributed by atoms with Crippen molar-refractivity contribution in [1.82, 2.24) is 20.5 Å². The molecule has 2 atom stereocenters. The summed E-state index contributed by atoms with van der Waals surface area (Å²) < 4.78 is 5.10. The molecule has 4 rings (SSSR count). The van der Waals surface area contributed by atoms with Crippen LogP contribution in [-0.2, 0) is 11.2 Å². The Morgan fingerprint density at radius 3 is 2.83 bits per heavy atom. The number of cyclic esters (lactones) is 1. The number of hydrogen-bond donors (Lipinski definition) is 2. The van der Waals surface area contributed by atoms with E-state index in [-0.39, 0.29) is 18.2 Å². The maximum Gasteiger partial charge on any atom is 0.407 e. The molecule has 2 aromatic rings. The van der Waals surface area contributed by atoms with Crippen LogP contribution in [0, 0.1) is 0 Å². The maximum absolute atomic E-state index is 12.8. The molecule has 2 aliphatic heterocycles. The second-order valence-electron chi connectivity index (χ2n) is 7.53. The van der Waals surface area contributed by atoms with Gasteiger partial charge in [-0.15, -0.1) is 0 Å². The second-order valence-corrected chi connectivity index (χ2v) is 7.53. The Labute approximate surface area is 170 Å². The van der Waals surface area contributed by atoms with Crippen molar-refractivity contribution in [3.8, 4) is 11.1 Å². The van der Waals surface area contributed by atoms with Crippen molar-refractivity contribution in [3.63, 3.8) is 0 Å². The molecule has 2 saturated heterocycles. The summed E-state index contributed by atoms with van der Waals surface area (Å²) in [6.07, 6.45) is 6.81. The van der Waals surface area contributed by atoms with Crippen LogP contribution in [0.3, 0.4) is 0 Å². The molecule has 3 heterocycles. The number of carbonyl (C=O) groups excluding carboxylic acids is 2. The molecule has 2 N–H and O–H groups in total. The molecule has 2 unspecified atom stereocenters. The Morgan fingerprint density at radius 2 is 2.03 bits per heavy atom. The third-order valence-electron chi connectivity index (χ3n) is 5.58. The van der Waals surface area contributed by atoms with Gasteiger partial charge in [-0.25, -0.2) is 9.59 Å². The van der Waals surface area contributed by atoms with E-state index in [9.17, 15) is 9.59 Å². The van der Waals surface area contributed by atoms with Gasteiger partial charge in [0.2, 0.25) is 0 Å². The highest BCUT2D eigenvalue weighted by atomic mass is 16.6. The lowest BCUT2D eigenvalue weighted by molar-refractivity contribution is 0.128. The highest BCUT2D eigenvalue weighted by Crippen LogP contribution is 2.27. The van der Waals surface area contributed by atoms with E-state index in [0.717, 1.165) is 37.8 Å². The number of carbonyl (C=O) groups is 2. The first kappa shape index (κ1) is 19.2. The van der Waals surface area contributed by atoms with Gasteiger partial charge in [0.15, 0.2) is 0 Å². The number of benzene rings is 1. The quantitative estimate of drug-likeness (QED) is 0.817. The molecule has 0 saturated carbocycles. The van der Waals surface area contributed by atoms with Crippen LogP contribution in [0.15, 0.2) is 48.8 Å². The van der Waals surface area contributed by atoms with E-state index in [4.69, 9.17) is 4.74 Å². The third-order valence-corrected chi connectivity index (χ3v) is 5.58. The number of nitrogens with zero attached hydrogens (tertiary/aromatic N) is 2. The summed E-state index contributed by atoms with van der Waals surface area (Å²) in [7, 11) is 0. The maximum atomic E-state index is 12.8. The molecular weight excluding hydrogens is 368 g/mol. The van der Waals surface area contributed by atoms with Gasteiger partial charge >= 0.3 is 12.1 Å². The van der Waals surface area contributed by atoms with Crippen molar-refractivity contribution in [2.75, 3.05) is 19.6 Å². The molecule has 0 radical (unpaired) electrons. The van der Waals surface area contributed by atoms with Gasteiger partial charge in [-0.1, -0.05) is 24.3 Å². The average molecular weight is 394 g/mol. The number of aromatic nitrogens is 1. The molecule has 7 heteroatoms. The number of alkyl carbamates (subject to hydrolysis) is 1. The molecule has 152 valence electrons. The summed E-state index contributed by atoms with van der Waals surface area (Å²) in [6, 6.07) is 12.5. The summed E-state index contributed by atoms with van der Waals surface area (Å²) in [5.74, 6) is 0. The average Bonchev–Trinajstić information content (AvgIpc) is 3.18. The van der Waals surface area contributed by atoms with Crippen molar-refractivity contribution in [3.05, 3.63) is 54.4 Å². The number of hydrogen-bond acceptors (Lipinski definition) is 4. The van der Waals surface area contributed by atoms with Gasteiger partial charge in [0.25, 0.3) is 0 Å². The van der Waals surface area contributed by atoms with Gasteiger partial charge in [0.1, 0.15) is 6.10 Å². The van der Waals surface area contributed by atoms with E-state index in [1.54, 1.807) is 12.4 Å². The second kappa shape index (κ2) is 8.94. The molecule has 7 nitrogen and oxygen atoms in total. The van der Waals surface area contributed by atoms with Crippen molar-refractivity contribution in [2.45, 2.75) is 37.8 Å². The number of piperidine rings is 1. The first-order valence-corrected chi connectivity index (χ1v) is 10.2. The number of nitrogens with one attached hydrogen (secondary N) is 2. The van der Waals surface area contributed by atoms with Crippen molar-refractivity contribution < 1.29 is 14.3 Å². The highest BCUT2D eigenvalue weighted by Gasteiger charge is 2.29. The van der Waals surface area contributed by atoms with Crippen LogP contribution >= 0.6 is 0 Å². The first-order chi connectivity index (χ1) is 14.2. The van der Waals surface area contributed by atoms with E-state index in [1.165, 1.54) is 11.1 Å². The van der Waals surface area contributed by atoms with E-state index < -0.39 is 6.09 Å². The van der Waals surface area contributed by atoms with Gasteiger partial charge in [-0.05, 0) is 54.5 Å². The lowest BCUT2D eigenvalue weighted by atomic mass is 9.91. The Bertz CT molecular complexity index is 858. The Kier molecular flexibility index (Phi) is 5.93. The fraction of sp³-hybridized carbons (Fsp3) is 0.409. The summed E-state index contributed by atoms with van der Waals surface area (Å²) in [5.41, 5.74) is 3.56. The van der Waals surface area contributed by atoms with Gasteiger partial charge in [0.05, 0.1) is 13.1 Å². The van der Waals surface area contributed by atoms with Gasteiger partial charge < -0.3 is 20.3 Å². The summed E-state index contributed by atoms with van der Waals surface area (Å²) in [6.45, 7) is 1.51. The standard InChI is InChI=1S/C22H26N4O3/c27-21(24-14-19-15-25-22(28)29-19)26-12-4-3-6-18(26)13-17-5-1-2-7-20(17)16-8-10-23-11-9-16/h1-2,5,7-11,18-19H,3-4,6,12-15H2,(H,24,27)(H,25,28). The number of ether oxygens (including phenoxy) is 1. The predicted molar refractivity (Wildman–Crippen MR) is 109 cm³/mol. The van der Waals surface area contributed by atoms with Gasteiger partial charge in [-0.2, -0.15) is 0 Å². The van der Waals surface area contributed by atoms with Crippen LogP contribution in [0.5, 0.6) is 0 Å². The molecule has 2 fully saturated rings. The fourth-order valence-corrected chi connectivity index (χ4v) is 4.09. The van der Waals surface area contributed by atoms with Crippen LogP contribution < -0.4 is 10.6 Å². The third kappa shape index (κ3) is 4.67. The summed E-state index contributed by atoms with van der Waals surface area (Å²) in [5, 5.41) is 5.54. The normalized spacial score (nSPS) is 21.4. The van der Waals surface area contributed by atoms with Crippen LogP contribution in [0.1, 0.15) is 24.8 Å². The zero-order valence-electron chi connectivity index (χ0n) is 16.3. The minimum absolute atomic E-state index is 0.0842. The van der Waals surface area contributed by atoms with Gasteiger partial charge in [0, 0.05) is 25.0 Å². The largest absolute Gasteiger partial charge is 0.442 e. The lowest BCUT2D eigenvalue weighted by Crippen LogP contribution is -2.51. The number of likely N-dealkylation sites (tertiary alicyclic amines) is 1. The minimum atomic E-state index is -0.423. The summed E-state index contributed by atoms with van der Waals surface area (Å²) in [4.78, 5) is 30.0. The topological polar surface area (TPSA) is 83.6 Å². The number of pyridine rings is 1. The van der Waals surface area contributed by atoms with Crippen molar-refractivity contribution in [2.24, 2.45) is 0 Å². The molecule has 1 aromatic carbocycles. The molecule has 3 amide bonds. The molecule has 29 heavy (non-hydrogen) atoms. The highest BCUT2D eigenvalue weighted by molar-refractivity contribution is 5.75. The van der Waals surface area contributed by atoms with Crippen LogP contribution in [0.25, 0.3) is 11.1 Å². The number of amides is 3. The molecule has 2 aliphatic rings. The minimum Gasteiger partial charge on any atom is -0.442 e. The van der Waals surface area contributed by atoms with Crippen molar-refractivity contribution >= 4 is 12.1 Å². The molecular formula is C22H26N4O3. The predicted octanol–water partition coefficient (Wildman–Crippen LogP) is 2.96. The fourth-order valence-electron chi connectivity index (χ4n) is 4.09. The molecule has 1 aromatic heterocycles. The Balaban J connectivity index is 1.44. The van der Waals surface area contributed by atoms with E-state index in [0.29, 0.717) is 13.1 Å². The number of rotatable bonds is 5. The van der Waals surface area contributed by atoms with Crippen molar-refractivity contribution in [1.29, 1.82) is 0 Å². The molecule has 0 bridgehead atoms. The molecule has 0 spiro atoms. The zero-order valence-corrected chi connectivity index (χ0v) is 16.3. The van der Waals surface area contributed by atoms with Crippen LogP contribution in [0.4, 0.5) is 9.59 Å². The van der Waals surface area contributed by atoms with Crippen LogP contribution in [0.2, 0.25) is 0 Å². The lowest BCUT2D eigenvalue weighted by Gasteiger charge is -2.36. The van der Waals surface area contributed by atoms with E-state index >= 15 is 0 Å². The Hall–Kier alpha value is -3.09. The van der Waals surface area contributed by atoms with E-state index in [1.807, 2.05) is 23.1 Å².